The smallest absolute Gasteiger partial charge is 0.274 e. The number of halogens is 1. The molecule has 0 radical (unpaired) electrons. The molecule has 1 rings (SSSR count). The SMILES string of the molecule is C[C@H](O)Cc1c(Cl)cccc1[N+](=O)[O-]. The standard InChI is InChI=1S/C9H10ClNO3/c1-6(12)5-7-8(10)3-2-4-9(7)11(13)14/h2-4,6,12H,5H2,1H3/t6-/m0/s1. The number of aliphatic hydroxyl groups is 1. The quantitative estimate of drug-likeness (QED) is 0.621. The van der Waals surface area contributed by atoms with Gasteiger partial charge in [0, 0.05) is 12.5 Å². The van der Waals surface area contributed by atoms with Gasteiger partial charge in [-0.15, -0.1) is 0 Å². The molecule has 0 saturated heterocycles. The molecule has 1 atom stereocenters. The second-order valence-corrected chi connectivity index (χ2v) is 3.45. The number of nitro groups is 1. The molecule has 0 bridgehead atoms. The Bertz CT molecular complexity index is 352. The second-order valence-electron chi connectivity index (χ2n) is 3.05. The molecule has 1 N–H and O–H groups in total. The molecule has 0 unspecified atom stereocenters. The van der Waals surface area contributed by atoms with Crippen LogP contribution in [0.3, 0.4) is 0 Å². The highest BCUT2D eigenvalue weighted by Crippen LogP contribution is 2.27. The van der Waals surface area contributed by atoms with Gasteiger partial charge in [0.2, 0.25) is 0 Å². The molecule has 0 aliphatic carbocycles. The van der Waals surface area contributed by atoms with E-state index in [2.05, 4.69) is 0 Å². The largest absolute Gasteiger partial charge is 0.393 e. The van der Waals surface area contributed by atoms with E-state index >= 15 is 0 Å². The van der Waals surface area contributed by atoms with Gasteiger partial charge in [-0.25, -0.2) is 0 Å². The first kappa shape index (κ1) is 10.9. The lowest BCUT2D eigenvalue weighted by atomic mass is 10.1. The van der Waals surface area contributed by atoms with Crippen molar-refractivity contribution in [3.05, 3.63) is 38.9 Å². The van der Waals surface area contributed by atoms with Gasteiger partial charge in [-0.2, -0.15) is 0 Å². The summed E-state index contributed by atoms with van der Waals surface area (Å²) in [7, 11) is 0. The van der Waals surface area contributed by atoms with E-state index in [4.69, 9.17) is 16.7 Å². The molecule has 1 aromatic carbocycles. The van der Waals surface area contributed by atoms with Crippen LogP contribution in [-0.2, 0) is 6.42 Å². The van der Waals surface area contributed by atoms with Crippen LogP contribution in [0.4, 0.5) is 5.69 Å². The summed E-state index contributed by atoms with van der Waals surface area (Å²) in [6, 6.07) is 4.47. The number of benzene rings is 1. The third-order valence-electron chi connectivity index (χ3n) is 1.79. The van der Waals surface area contributed by atoms with Crippen molar-refractivity contribution in [1.29, 1.82) is 0 Å². The van der Waals surface area contributed by atoms with Gasteiger partial charge in [-0.1, -0.05) is 17.7 Å². The van der Waals surface area contributed by atoms with Crippen molar-refractivity contribution in [2.24, 2.45) is 0 Å². The Labute approximate surface area is 86.3 Å². The van der Waals surface area contributed by atoms with Gasteiger partial charge in [0.15, 0.2) is 0 Å². The minimum atomic E-state index is -0.645. The van der Waals surface area contributed by atoms with Crippen molar-refractivity contribution in [1.82, 2.24) is 0 Å². The monoisotopic (exact) mass is 215 g/mol. The lowest BCUT2D eigenvalue weighted by Gasteiger charge is -2.06. The summed E-state index contributed by atoms with van der Waals surface area (Å²) in [6.45, 7) is 1.56. The zero-order valence-corrected chi connectivity index (χ0v) is 8.36. The first-order chi connectivity index (χ1) is 6.52. The predicted molar refractivity (Wildman–Crippen MR) is 53.5 cm³/mol. The van der Waals surface area contributed by atoms with Crippen molar-refractivity contribution < 1.29 is 10.0 Å². The van der Waals surface area contributed by atoms with Crippen molar-refractivity contribution in [2.45, 2.75) is 19.4 Å². The minimum absolute atomic E-state index is 0.0431. The fourth-order valence-electron chi connectivity index (χ4n) is 1.22. The van der Waals surface area contributed by atoms with Gasteiger partial charge in [0.05, 0.1) is 21.6 Å². The van der Waals surface area contributed by atoms with Crippen LogP contribution >= 0.6 is 11.6 Å². The van der Waals surface area contributed by atoms with E-state index in [0.29, 0.717) is 10.6 Å². The molecular weight excluding hydrogens is 206 g/mol. The summed E-state index contributed by atoms with van der Waals surface area (Å²) in [5, 5.41) is 20.1. The number of aliphatic hydroxyl groups excluding tert-OH is 1. The molecule has 1 aromatic rings. The molecule has 0 fully saturated rings. The highest BCUT2D eigenvalue weighted by molar-refractivity contribution is 6.31. The van der Waals surface area contributed by atoms with Crippen LogP contribution in [-0.4, -0.2) is 16.1 Å². The molecule has 0 saturated carbocycles. The highest BCUT2D eigenvalue weighted by Gasteiger charge is 2.17. The molecular formula is C9H10ClNO3. The van der Waals surface area contributed by atoms with E-state index in [1.165, 1.54) is 12.1 Å². The second kappa shape index (κ2) is 4.39. The van der Waals surface area contributed by atoms with Crippen LogP contribution in [0.2, 0.25) is 5.02 Å². The fourth-order valence-corrected chi connectivity index (χ4v) is 1.46. The first-order valence-electron chi connectivity index (χ1n) is 4.12. The number of nitrogens with zero attached hydrogens (tertiary/aromatic N) is 1. The van der Waals surface area contributed by atoms with Gasteiger partial charge >= 0.3 is 0 Å². The minimum Gasteiger partial charge on any atom is -0.393 e. The molecule has 5 heteroatoms. The van der Waals surface area contributed by atoms with E-state index < -0.39 is 11.0 Å². The summed E-state index contributed by atoms with van der Waals surface area (Å²) >= 11 is 5.80. The van der Waals surface area contributed by atoms with Gasteiger partial charge < -0.3 is 5.11 Å². The summed E-state index contributed by atoms with van der Waals surface area (Å²) in [6.07, 6.45) is -0.454. The molecule has 76 valence electrons. The molecule has 0 aliphatic rings. The van der Waals surface area contributed by atoms with Crippen LogP contribution in [0.5, 0.6) is 0 Å². The van der Waals surface area contributed by atoms with Crippen LogP contribution in [0.25, 0.3) is 0 Å². The Morgan fingerprint density at radius 2 is 2.29 bits per heavy atom. The highest BCUT2D eigenvalue weighted by atomic mass is 35.5. The van der Waals surface area contributed by atoms with Gasteiger partial charge in [0.25, 0.3) is 5.69 Å². The molecule has 0 amide bonds. The van der Waals surface area contributed by atoms with Crippen LogP contribution in [0, 0.1) is 10.1 Å². The molecule has 14 heavy (non-hydrogen) atoms. The van der Waals surface area contributed by atoms with Crippen LogP contribution < -0.4 is 0 Å². The lowest BCUT2D eigenvalue weighted by Crippen LogP contribution is -2.07. The topological polar surface area (TPSA) is 63.4 Å². The van der Waals surface area contributed by atoms with Crippen molar-refractivity contribution in [2.75, 3.05) is 0 Å². The van der Waals surface area contributed by atoms with Gasteiger partial charge in [0.1, 0.15) is 0 Å². The van der Waals surface area contributed by atoms with E-state index in [0.717, 1.165) is 0 Å². The Hall–Kier alpha value is -1.13. The van der Waals surface area contributed by atoms with Crippen molar-refractivity contribution >= 4 is 17.3 Å². The van der Waals surface area contributed by atoms with Crippen LogP contribution in [0.15, 0.2) is 18.2 Å². The average molecular weight is 216 g/mol. The summed E-state index contributed by atoms with van der Waals surface area (Å²) < 4.78 is 0. The lowest BCUT2D eigenvalue weighted by molar-refractivity contribution is -0.385. The Kier molecular flexibility index (Phi) is 3.43. The third kappa shape index (κ3) is 2.43. The van der Waals surface area contributed by atoms with Crippen molar-refractivity contribution in [3.8, 4) is 0 Å². The zero-order valence-electron chi connectivity index (χ0n) is 7.61. The third-order valence-corrected chi connectivity index (χ3v) is 2.14. The maximum absolute atomic E-state index is 10.6. The molecule has 0 heterocycles. The maximum Gasteiger partial charge on any atom is 0.274 e. The summed E-state index contributed by atoms with van der Waals surface area (Å²) in [4.78, 5) is 10.1. The summed E-state index contributed by atoms with van der Waals surface area (Å²) in [5.41, 5.74) is 0.340. The number of rotatable bonds is 3. The van der Waals surface area contributed by atoms with E-state index in [1.54, 1.807) is 13.0 Å². The van der Waals surface area contributed by atoms with E-state index in [-0.39, 0.29) is 12.1 Å². The molecule has 4 nitrogen and oxygen atoms in total. The molecule has 0 aromatic heterocycles. The zero-order chi connectivity index (χ0) is 10.7. The Morgan fingerprint density at radius 1 is 1.64 bits per heavy atom. The molecule has 0 spiro atoms. The van der Waals surface area contributed by atoms with E-state index in [9.17, 15) is 10.1 Å². The van der Waals surface area contributed by atoms with Crippen molar-refractivity contribution in [3.63, 3.8) is 0 Å². The Morgan fingerprint density at radius 3 is 2.79 bits per heavy atom. The summed E-state index contributed by atoms with van der Waals surface area (Å²) in [5.74, 6) is 0. The Balaban J connectivity index is 3.15. The van der Waals surface area contributed by atoms with Gasteiger partial charge in [-0.05, 0) is 13.0 Å². The first-order valence-corrected chi connectivity index (χ1v) is 4.50. The normalized spacial score (nSPS) is 12.5. The number of nitro benzene ring substituents is 1. The van der Waals surface area contributed by atoms with Crippen LogP contribution in [0.1, 0.15) is 12.5 Å². The fraction of sp³-hybridized carbons (Fsp3) is 0.333. The maximum atomic E-state index is 10.6. The number of hydrogen-bond donors (Lipinski definition) is 1. The van der Waals surface area contributed by atoms with Gasteiger partial charge in [-0.3, -0.25) is 10.1 Å². The average Bonchev–Trinajstić information content (AvgIpc) is 2.07. The predicted octanol–water partition coefficient (Wildman–Crippen LogP) is 2.17. The molecule has 0 aliphatic heterocycles. The number of hydrogen-bond acceptors (Lipinski definition) is 3. The van der Waals surface area contributed by atoms with E-state index in [1.807, 2.05) is 0 Å².